The maximum absolute atomic E-state index is 9.99. The molecule has 0 spiro atoms. The zero-order valence-corrected chi connectivity index (χ0v) is 10.7. The molecule has 0 aliphatic carbocycles. The van der Waals surface area contributed by atoms with Gasteiger partial charge in [-0.3, -0.25) is 0 Å². The molecule has 0 amide bonds. The van der Waals surface area contributed by atoms with Crippen LogP contribution >= 0.6 is 27.3 Å². The summed E-state index contributed by atoms with van der Waals surface area (Å²) >= 11 is 5.19. The summed E-state index contributed by atoms with van der Waals surface area (Å²) < 4.78 is 6.31. The predicted molar refractivity (Wildman–Crippen MR) is 64.1 cm³/mol. The zero-order chi connectivity index (χ0) is 10.7. The Balaban J connectivity index is 1.77. The highest BCUT2D eigenvalue weighted by atomic mass is 79.9. The molecule has 1 aliphatic rings. The van der Waals surface area contributed by atoms with E-state index in [2.05, 4.69) is 26.6 Å². The molecule has 1 aromatic heterocycles. The van der Waals surface area contributed by atoms with E-state index in [-0.39, 0.29) is 0 Å². The molecule has 2 heterocycles. The van der Waals surface area contributed by atoms with E-state index < -0.39 is 5.60 Å². The second kappa shape index (κ2) is 4.93. The molecule has 1 atom stereocenters. The number of nitrogens with one attached hydrogen (secondary N) is 1. The number of ether oxygens (including phenoxy) is 1. The monoisotopic (exact) mass is 291 g/mol. The third kappa shape index (κ3) is 3.01. The lowest BCUT2D eigenvalue weighted by molar-refractivity contribution is 0.0269. The first-order valence-electron chi connectivity index (χ1n) is 4.92. The summed E-state index contributed by atoms with van der Waals surface area (Å²) in [5.74, 6) is 0. The molecule has 2 rings (SSSR count). The van der Waals surface area contributed by atoms with Gasteiger partial charge in [0, 0.05) is 35.5 Å². The van der Waals surface area contributed by atoms with Gasteiger partial charge in [-0.2, -0.15) is 0 Å². The molecule has 15 heavy (non-hydrogen) atoms. The van der Waals surface area contributed by atoms with Gasteiger partial charge in [-0.1, -0.05) is 0 Å². The van der Waals surface area contributed by atoms with Gasteiger partial charge in [-0.05, 0) is 27.4 Å². The Morgan fingerprint density at radius 2 is 2.53 bits per heavy atom. The van der Waals surface area contributed by atoms with E-state index in [0.717, 1.165) is 17.4 Å². The molecular formula is C10H14BrNO2S. The van der Waals surface area contributed by atoms with E-state index in [9.17, 15) is 5.11 Å². The van der Waals surface area contributed by atoms with E-state index in [1.165, 1.54) is 4.88 Å². The Bertz CT molecular complexity index is 323. The Morgan fingerprint density at radius 1 is 1.67 bits per heavy atom. The average Bonchev–Trinajstić information content (AvgIpc) is 2.78. The maximum atomic E-state index is 9.99. The summed E-state index contributed by atoms with van der Waals surface area (Å²) in [5.41, 5.74) is -0.663. The van der Waals surface area contributed by atoms with Crippen molar-refractivity contribution in [3.63, 3.8) is 0 Å². The molecule has 1 saturated heterocycles. The fourth-order valence-electron chi connectivity index (χ4n) is 1.60. The SMILES string of the molecule is OC1(CNCc2sccc2Br)CCOC1. The first-order chi connectivity index (χ1) is 7.20. The van der Waals surface area contributed by atoms with Crippen molar-refractivity contribution >= 4 is 27.3 Å². The molecular weight excluding hydrogens is 278 g/mol. The minimum atomic E-state index is -0.663. The lowest BCUT2D eigenvalue weighted by Gasteiger charge is -2.20. The standard InChI is InChI=1S/C10H14BrNO2S/c11-8-1-4-15-9(8)5-12-6-10(13)2-3-14-7-10/h1,4,12-13H,2-3,5-7H2. The third-order valence-corrected chi connectivity index (χ3v) is 4.44. The number of thiophene rings is 1. The summed E-state index contributed by atoms with van der Waals surface area (Å²) in [7, 11) is 0. The van der Waals surface area contributed by atoms with Crippen molar-refractivity contribution in [1.82, 2.24) is 5.32 Å². The van der Waals surface area contributed by atoms with Crippen LogP contribution in [0.3, 0.4) is 0 Å². The molecule has 2 N–H and O–H groups in total. The molecule has 3 nitrogen and oxygen atoms in total. The lowest BCUT2D eigenvalue weighted by atomic mass is 10.0. The predicted octanol–water partition coefficient (Wildman–Crippen LogP) is 1.75. The topological polar surface area (TPSA) is 41.5 Å². The fourth-order valence-corrected chi connectivity index (χ4v) is 3.06. The Kier molecular flexibility index (Phi) is 3.79. The van der Waals surface area contributed by atoms with E-state index in [1.807, 2.05) is 6.07 Å². The summed E-state index contributed by atoms with van der Waals surface area (Å²) in [4.78, 5) is 1.26. The van der Waals surface area contributed by atoms with Crippen LogP contribution in [0.5, 0.6) is 0 Å². The van der Waals surface area contributed by atoms with Crippen molar-refractivity contribution in [3.05, 3.63) is 20.8 Å². The Hall–Kier alpha value is 0.0600. The van der Waals surface area contributed by atoms with Crippen LogP contribution in [-0.4, -0.2) is 30.5 Å². The van der Waals surface area contributed by atoms with Crippen LogP contribution in [0.15, 0.2) is 15.9 Å². The van der Waals surface area contributed by atoms with Gasteiger partial charge in [0.1, 0.15) is 5.60 Å². The van der Waals surface area contributed by atoms with Crippen LogP contribution in [0.25, 0.3) is 0 Å². The number of hydrogen-bond donors (Lipinski definition) is 2. The van der Waals surface area contributed by atoms with Gasteiger partial charge in [0.2, 0.25) is 0 Å². The molecule has 84 valence electrons. The van der Waals surface area contributed by atoms with Gasteiger partial charge in [-0.15, -0.1) is 11.3 Å². The summed E-state index contributed by atoms with van der Waals surface area (Å²) in [6.07, 6.45) is 0.728. The number of hydrogen-bond acceptors (Lipinski definition) is 4. The van der Waals surface area contributed by atoms with Crippen LogP contribution in [0, 0.1) is 0 Å². The van der Waals surface area contributed by atoms with Crippen LogP contribution in [-0.2, 0) is 11.3 Å². The van der Waals surface area contributed by atoms with Gasteiger partial charge in [-0.25, -0.2) is 0 Å². The van der Waals surface area contributed by atoms with E-state index in [0.29, 0.717) is 19.8 Å². The van der Waals surface area contributed by atoms with Crippen molar-refractivity contribution in [2.75, 3.05) is 19.8 Å². The van der Waals surface area contributed by atoms with Gasteiger partial charge in [0.25, 0.3) is 0 Å². The van der Waals surface area contributed by atoms with E-state index >= 15 is 0 Å². The highest BCUT2D eigenvalue weighted by Crippen LogP contribution is 2.23. The molecule has 1 unspecified atom stereocenters. The zero-order valence-electron chi connectivity index (χ0n) is 8.33. The summed E-state index contributed by atoms with van der Waals surface area (Å²) in [5, 5.41) is 15.3. The van der Waals surface area contributed by atoms with Crippen molar-refractivity contribution in [2.24, 2.45) is 0 Å². The second-order valence-corrected chi connectivity index (χ2v) is 5.68. The molecule has 5 heteroatoms. The summed E-state index contributed by atoms with van der Waals surface area (Å²) in [6, 6.07) is 2.04. The number of halogens is 1. The number of aliphatic hydroxyl groups is 1. The quantitative estimate of drug-likeness (QED) is 0.888. The summed E-state index contributed by atoms with van der Waals surface area (Å²) in [6.45, 7) is 2.50. The first kappa shape index (κ1) is 11.5. The molecule has 1 aliphatic heterocycles. The van der Waals surface area contributed by atoms with Crippen LogP contribution in [0.1, 0.15) is 11.3 Å². The van der Waals surface area contributed by atoms with Gasteiger partial charge >= 0.3 is 0 Å². The smallest absolute Gasteiger partial charge is 0.103 e. The molecule has 0 aromatic carbocycles. The molecule has 1 aromatic rings. The molecule has 1 fully saturated rings. The van der Waals surface area contributed by atoms with Crippen molar-refractivity contribution in [2.45, 2.75) is 18.6 Å². The Morgan fingerprint density at radius 3 is 3.13 bits per heavy atom. The first-order valence-corrected chi connectivity index (χ1v) is 6.60. The minimum absolute atomic E-state index is 0.450. The van der Waals surface area contributed by atoms with Crippen molar-refractivity contribution in [3.8, 4) is 0 Å². The van der Waals surface area contributed by atoms with Crippen LogP contribution < -0.4 is 5.32 Å². The highest BCUT2D eigenvalue weighted by Gasteiger charge is 2.31. The Labute approximate surface area is 102 Å². The largest absolute Gasteiger partial charge is 0.386 e. The van der Waals surface area contributed by atoms with E-state index in [4.69, 9.17) is 4.74 Å². The van der Waals surface area contributed by atoms with Crippen molar-refractivity contribution < 1.29 is 9.84 Å². The second-order valence-electron chi connectivity index (χ2n) is 3.82. The van der Waals surface area contributed by atoms with Crippen LogP contribution in [0.2, 0.25) is 0 Å². The minimum Gasteiger partial charge on any atom is -0.386 e. The fraction of sp³-hybridized carbons (Fsp3) is 0.600. The maximum Gasteiger partial charge on any atom is 0.103 e. The van der Waals surface area contributed by atoms with E-state index in [1.54, 1.807) is 11.3 Å². The molecule has 0 saturated carbocycles. The molecule has 0 bridgehead atoms. The normalized spacial score (nSPS) is 26.0. The van der Waals surface area contributed by atoms with Gasteiger partial charge in [0.05, 0.1) is 6.61 Å². The highest BCUT2D eigenvalue weighted by molar-refractivity contribution is 9.10. The van der Waals surface area contributed by atoms with Gasteiger partial charge < -0.3 is 15.2 Å². The van der Waals surface area contributed by atoms with Crippen molar-refractivity contribution in [1.29, 1.82) is 0 Å². The van der Waals surface area contributed by atoms with Gasteiger partial charge in [0.15, 0.2) is 0 Å². The molecule has 0 radical (unpaired) electrons. The van der Waals surface area contributed by atoms with Crippen LogP contribution in [0.4, 0.5) is 0 Å². The lowest BCUT2D eigenvalue weighted by Crippen LogP contribution is -2.40. The number of rotatable bonds is 4. The average molecular weight is 292 g/mol. The third-order valence-electron chi connectivity index (χ3n) is 2.51.